The fourth-order valence-electron chi connectivity index (χ4n) is 1.77. The van der Waals surface area contributed by atoms with E-state index in [9.17, 15) is 0 Å². The molecule has 1 saturated carbocycles. The van der Waals surface area contributed by atoms with Crippen molar-refractivity contribution in [1.29, 1.82) is 0 Å². The number of hydrogen-bond acceptors (Lipinski definition) is 2. The molecule has 2 rings (SSSR count). The van der Waals surface area contributed by atoms with Gasteiger partial charge in [-0.25, -0.2) is 0 Å². The first kappa shape index (κ1) is 10.7. The summed E-state index contributed by atoms with van der Waals surface area (Å²) < 4.78 is 2.11. The lowest BCUT2D eigenvalue weighted by Gasteiger charge is -2.11. The van der Waals surface area contributed by atoms with Crippen molar-refractivity contribution >= 4 is 0 Å². The smallest absolute Gasteiger partial charge is 0.0625 e. The van der Waals surface area contributed by atoms with Gasteiger partial charge in [0.1, 0.15) is 0 Å². The van der Waals surface area contributed by atoms with E-state index in [-0.39, 0.29) is 0 Å². The molecule has 0 saturated heterocycles. The first-order valence-electron chi connectivity index (χ1n) is 5.97. The van der Waals surface area contributed by atoms with Gasteiger partial charge in [0.25, 0.3) is 0 Å². The fourth-order valence-corrected chi connectivity index (χ4v) is 1.77. The van der Waals surface area contributed by atoms with Crippen molar-refractivity contribution in [3.05, 3.63) is 17.5 Å². The summed E-state index contributed by atoms with van der Waals surface area (Å²) in [5.41, 5.74) is 2.94. The molecule has 1 aliphatic rings. The molecule has 1 N–H and O–H groups in total. The third-order valence-electron chi connectivity index (χ3n) is 3.27. The molecule has 1 heterocycles. The lowest BCUT2D eigenvalue weighted by Crippen LogP contribution is -2.28. The Morgan fingerprint density at radius 3 is 2.73 bits per heavy atom. The highest BCUT2D eigenvalue weighted by Crippen LogP contribution is 2.34. The van der Waals surface area contributed by atoms with Crippen LogP contribution in [0.5, 0.6) is 0 Å². The summed E-state index contributed by atoms with van der Waals surface area (Å²) in [6.07, 6.45) is 3.65. The van der Waals surface area contributed by atoms with Gasteiger partial charge in [-0.1, -0.05) is 6.92 Å². The van der Waals surface area contributed by atoms with E-state index >= 15 is 0 Å². The molecule has 84 valence electrons. The molecule has 0 radical (unpaired) electrons. The molecule has 0 atom stereocenters. The predicted octanol–water partition coefficient (Wildman–Crippen LogP) is 2.11. The van der Waals surface area contributed by atoms with Gasteiger partial charge >= 0.3 is 0 Å². The van der Waals surface area contributed by atoms with Crippen LogP contribution in [0.25, 0.3) is 0 Å². The largest absolute Gasteiger partial charge is 0.306 e. The second-order valence-electron chi connectivity index (χ2n) is 4.71. The third-order valence-corrected chi connectivity index (χ3v) is 3.27. The average Bonchev–Trinajstić information content (AvgIpc) is 2.83. The molecule has 15 heavy (non-hydrogen) atoms. The van der Waals surface area contributed by atoms with E-state index in [1.165, 1.54) is 24.2 Å². The second-order valence-corrected chi connectivity index (χ2v) is 4.71. The number of aromatic nitrogens is 2. The molecule has 3 nitrogen and oxygen atoms in total. The van der Waals surface area contributed by atoms with Crippen molar-refractivity contribution in [2.75, 3.05) is 0 Å². The van der Waals surface area contributed by atoms with Crippen LogP contribution in [0.2, 0.25) is 0 Å². The van der Waals surface area contributed by atoms with Gasteiger partial charge < -0.3 is 5.32 Å². The second kappa shape index (κ2) is 3.97. The van der Waals surface area contributed by atoms with E-state index < -0.39 is 0 Å². The van der Waals surface area contributed by atoms with Crippen LogP contribution in [-0.4, -0.2) is 15.3 Å². The van der Waals surface area contributed by atoms with E-state index in [4.69, 9.17) is 0 Å². The number of nitrogens with zero attached hydrogens (tertiary/aromatic N) is 2. The summed E-state index contributed by atoms with van der Waals surface area (Å²) in [5.74, 6) is 0. The molecule has 0 spiro atoms. The van der Waals surface area contributed by atoms with Gasteiger partial charge in [0, 0.05) is 18.6 Å². The number of nitrogens with one attached hydrogen (secondary N) is 1. The van der Waals surface area contributed by atoms with Crippen LogP contribution in [-0.2, 0) is 19.5 Å². The fraction of sp³-hybridized carbons (Fsp3) is 0.750. The van der Waals surface area contributed by atoms with Crippen molar-refractivity contribution in [3.63, 3.8) is 0 Å². The number of rotatable bonds is 5. The van der Waals surface area contributed by atoms with Gasteiger partial charge in [-0.2, -0.15) is 5.10 Å². The maximum atomic E-state index is 4.54. The zero-order valence-corrected chi connectivity index (χ0v) is 10.0. The van der Waals surface area contributed by atoms with Gasteiger partial charge in [-0.3, -0.25) is 4.68 Å². The lowest BCUT2D eigenvalue weighted by molar-refractivity contribution is 0.506. The predicted molar refractivity (Wildman–Crippen MR) is 61.8 cm³/mol. The molecule has 3 heteroatoms. The van der Waals surface area contributed by atoms with Crippen molar-refractivity contribution in [1.82, 2.24) is 15.1 Å². The van der Waals surface area contributed by atoms with Gasteiger partial charge in [-0.05, 0) is 39.2 Å². The quantitative estimate of drug-likeness (QED) is 0.801. The van der Waals surface area contributed by atoms with E-state index in [0.717, 1.165) is 19.5 Å². The number of hydrogen-bond donors (Lipinski definition) is 1. The Bertz CT molecular complexity index is 337. The molecule has 1 fully saturated rings. The van der Waals surface area contributed by atoms with Crippen LogP contribution < -0.4 is 5.32 Å². The molecular weight excluding hydrogens is 186 g/mol. The minimum Gasteiger partial charge on any atom is -0.306 e. The maximum Gasteiger partial charge on any atom is 0.0625 e. The molecule has 1 aromatic rings. The minimum atomic E-state index is 0.412. The minimum absolute atomic E-state index is 0.412. The Morgan fingerprint density at radius 2 is 2.20 bits per heavy atom. The molecule has 0 aromatic carbocycles. The molecule has 1 aliphatic carbocycles. The Balaban J connectivity index is 2.02. The molecule has 0 bridgehead atoms. The van der Waals surface area contributed by atoms with E-state index in [1.807, 2.05) is 0 Å². The van der Waals surface area contributed by atoms with E-state index in [0.29, 0.717) is 5.54 Å². The third kappa shape index (κ3) is 2.40. The molecule has 0 amide bonds. The van der Waals surface area contributed by atoms with Gasteiger partial charge in [-0.15, -0.1) is 0 Å². The summed E-state index contributed by atoms with van der Waals surface area (Å²) in [5, 5.41) is 8.15. The summed E-state index contributed by atoms with van der Waals surface area (Å²) in [7, 11) is 0. The normalized spacial score (nSPS) is 18.1. The number of aryl methyl sites for hydroxylation is 2. The first-order valence-corrected chi connectivity index (χ1v) is 5.97. The highest BCUT2D eigenvalue weighted by Gasteiger charge is 2.36. The summed E-state index contributed by atoms with van der Waals surface area (Å²) >= 11 is 0. The Kier molecular flexibility index (Phi) is 2.83. The Hall–Kier alpha value is -0.830. The molecule has 0 unspecified atom stereocenters. The Morgan fingerprint density at radius 1 is 1.47 bits per heavy atom. The standard InChI is InChI=1S/C12H21N3/c1-4-10-8-11(15(5-2)14-10)9-13-12(3)6-7-12/h8,13H,4-7,9H2,1-3H3. The van der Waals surface area contributed by atoms with Gasteiger partial charge in [0.2, 0.25) is 0 Å². The highest BCUT2D eigenvalue weighted by atomic mass is 15.3. The zero-order chi connectivity index (χ0) is 10.9. The molecular formula is C12H21N3. The highest BCUT2D eigenvalue weighted by molar-refractivity contribution is 5.11. The molecule has 1 aromatic heterocycles. The van der Waals surface area contributed by atoms with Crippen LogP contribution in [0, 0.1) is 0 Å². The van der Waals surface area contributed by atoms with E-state index in [1.54, 1.807) is 0 Å². The van der Waals surface area contributed by atoms with Crippen LogP contribution in [0.3, 0.4) is 0 Å². The van der Waals surface area contributed by atoms with Crippen molar-refractivity contribution < 1.29 is 0 Å². The summed E-state index contributed by atoms with van der Waals surface area (Å²) in [6.45, 7) is 8.52. The lowest BCUT2D eigenvalue weighted by atomic mass is 10.2. The van der Waals surface area contributed by atoms with Crippen molar-refractivity contribution in [2.45, 2.75) is 58.7 Å². The van der Waals surface area contributed by atoms with Crippen LogP contribution in [0.4, 0.5) is 0 Å². The van der Waals surface area contributed by atoms with Gasteiger partial charge in [0.15, 0.2) is 0 Å². The van der Waals surface area contributed by atoms with Crippen LogP contribution in [0.1, 0.15) is 45.0 Å². The van der Waals surface area contributed by atoms with Crippen molar-refractivity contribution in [2.24, 2.45) is 0 Å². The van der Waals surface area contributed by atoms with Crippen LogP contribution >= 0.6 is 0 Å². The van der Waals surface area contributed by atoms with Crippen LogP contribution in [0.15, 0.2) is 6.07 Å². The summed E-state index contributed by atoms with van der Waals surface area (Å²) in [6, 6.07) is 2.22. The van der Waals surface area contributed by atoms with Gasteiger partial charge in [0.05, 0.1) is 11.4 Å². The van der Waals surface area contributed by atoms with Crippen molar-refractivity contribution in [3.8, 4) is 0 Å². The van der Waals surface area contributed by atoms with E-state index in [2.05, 4.69) is 41.9 Å². The molecule has 0 aliphatic heterocycles. The topological polar surface area (TPSA) is 29.9 Å². The first-order chi connectivity index (χ1) is 7.17. The monoisotopic (exact) mass is 207 g/mol. The maximum absolute atomic E-state index is 4.54. The Labute approximate surface area is 91.9 Å². The average molecular weight is 207 g/mol. The SMILES string of the molecule is CCc1cc(CNC2(C)CC2)n(CC)n1. The zero-order valence-electron chi connectivity index (χ0n) is 10.0. The summed E-state index contributed by atoms with van der Waals surface area (Å²) in [4.78, 5) is 0.